The zero-order valence-electron chi connectivity index (χ0n) is 13.0. The number of amides is 1. The first kappa shape index (κ1) is 18.6. The van der Waals surface area contributed by atoms with E-state index in [-0.39, 0.29) is 18.1 Å². The summed E-state index contributed by atoms with van der Waals surface area (Å²) in [6, 6.07) is 11.0. The molecule has 0 aliphatic heterocycles. The number of halogens is 2. The fraction of sp³-hybridized carbons (Fsp3) is 0.235. The van der Waals surface area contributed by atoms with E-state index in [0.717, 1.165) is 16.3 Å². The summed E-state index contributed by atoms with van der Waals surface area (Å²) in [5, 5.41) is 10.8. The van der Waals surface area contributed by atoms with Gasteiger partial charge in [-0.1, -0.05) is 35.0 Å². The van der Waals surface area contributed by atoms with Crippen molar-refractivity contribution in [2.24, 2.45) is 0 Å². The zero-order chi connectivity index (χ0) is 17.5. The molecule has 0 atom stereocenters. The summed E-state index contributed by atoms with van der Waals surface area (Å²) < 4.78 is 0. The number of aryl methyl sites for hydroxylation is 1. The summed E-state index contributed by atoms with van der Waals surface area (Å²) in [5.41, 5.74) is 1.62. The Balaban J connectivity index is 2.11. The van der Waals surface area contributed by atoms with E-state index in [4.69, 9.17) is 28.5 Å². The minimum absolute atomic E-state index is 0.0891. The standard InChI is InChI=1S/C17H15Cl2N3OS/c1-12-9-14(4-5-15(12)19)22(8-2-7-20)17(23)11-24-16-6-3-13(18)10-21-16/h3-6,9-10H,2,8,11H2,1H3. The van der Waals surface area contributed by atoms with Gasteiger partial charge in [-0.25, -0.2) is 4.98 Å². The number of nitriles is 1. The molecule has 0 aliphatic carbocycles. The van der Waals surface area contributed by atoms with E-state index in [0.29, 0.717) is 16.6 Å². The highest BCUT2D eigenvalue weighted by Crippen LogP contribution is 2.24. The largest absolute Gasteiger partial charge is 0.311 e. The maximum Gasteiger partial charge on any atom is 0.237 e. The van der Waals surface area contributed by atoms with Gasteiger partial charge in [-0.05, 0) is 42.8 Å². The Morgan fingerprint density at radius 1 is 1.33 bits per heavy atom. The third kappa shape index (κ3) is 5.13. The van der Waals surface area contributed by atoms with E-state index in [1.807, 2.05) is 13.0 Å². The average Bonchev–Trinajstić information content (AvgIpc) is 2.57. The number of anilines is 1. The van der Waals surface area contributed by atoms with Crippen LogP contribution in [0.25, 0.3) is 0 Å². The topological polar surface area (TPSA) is 57.0 Å². The van der Waals surface area contributed by atoms with Crippen LogP contribution in [0.4, 0.5) is 5.69 Å². The molecule has 0 radical (unpaired) electrons. The highest BCUT2D eigenvalue weighted by atomic mass is 35.5. The average molecular weight is 380 g/mol. The van der Waals surface area contributed by atoms with Crippen molar-refractivity contribution in [2.75, 3.05) is 17.2 Å². The van der Waals surface area contributed by atoms with Gasteiger partial charge in [-0.3, -0.25) is 4.79 Å². The quantitative estimate of drug-likeness (QED) is 0.680. The van der Waals surface area contributed by atoms with Gasteiger partial charge in [0.25, 0.3) is 0 Å². The van der Waals surface area contributed by atoms with Crippen molar-refractivity contribution >= 4 is 46.6 Å². The van der Waals surface area contributed by atoms with Gasteiger partial charge < -0.3 is 4.90 Å². The smallest absolute Gasteiger partial charge is 0.237 e. The first-order valence-corrected chi connectivity index (χ1v) is 8.93. The van der Waals surface area contributed by atoms with Gasteiger partial charge >= 0.3 is 0 Å². The second-order valence-electron chi connectivity index (χ2n) is 4.99. The van der Waals surface area contributed by atoms with Crippen molar-refractivity contribution in [3.05, 3.63) is 52.1 Å². The Kier molecular flexibility index (Phi) is 6.92. The van der Waals surface area contributed by atoms with Crippen LogP contribution < -0.4 is 4.90 Å². The zero-order valence-corrected chi connectivity index (χ0v) is 15.3. The number of pyridine rings is 1. The number of hydrogen-bond donors (Lipinski definition) is 0. The van der Waals surface area contributed by atoms with E-state index < -0.39 is 0 Å². The van der Waals surface area contributed by atoms with E-state index in [2.05, 4.69) is 11.1 Å². The molecule has 4 nitrogen and oxygen atoms in total. The Bertz CT molecular complexity index is 759. The van der Waals surface area contributed by atoms with Crippen LogP contribution in [0.1, 0.15) is 12.0 Å². The third-order valence-corrected chi connectivity index (χ3v) is 4.82. The Morgan fingerprint density at radius 2 is 2.12 bits per heavy atom. The molecule has 0 saturated heterocycles. The summed E-state index contributed by atoms with van der Waals surface area (Å²) in [6.45, 7) is 2.22. The van der Waals surface area contributed by atoms with Crippen molar-refractivity contribution in [1.29, 1.82) is 5.26 Å². The van der Waals surface area contributed by atoms with Crippen LogP contribution in [-0.2, 0) is 4.79 Å². The number of hydrogen-bond acceptors (Lipinski definition) is 4. The summed E-state index contributed by atoms with van der Waals surface area (Å²) in [6.07, 6.45) is 1.81. The lowest BCUT2D eigenvalue weighted by Gasteiger charge is -2.22. The van der Waals surface area contributed by atoms with Crippen LogP contribution in [0.3, 0.4) is 0 Å². The molecule has 0 saturated carbocycles. The first-order chi connectivity index (χ1) is 11.5. The molecule has 0 spiro atoms. The molecule has 0 fully saturated rings. The SMILES string of the molecule is Cc1cc(N(CCC#N)C(=O)CSc2ccc(Cl)cn2)ccc1Cl. The Morgan fingerprint density at radius 3 is 2.75 bits per heavy atom. The van der Waals surface area contributed by atoms with Gasteiger partial charge in [0.05, 0.1) is 28.3 Å². The lowest BCUT2D eigenvalue weighted by Crippen LogP contribution is -2.33. The maximum absolute atomic E-state index is 12.6. The lowest BCUT2D eigenvalue weighted by molar-refractivity contribution is -0.116. The molecular weight excluding hydrogens is 365 g/mol. The summed E-state index contributed by atoms with van der Waals surface area (Å²) in [4.78, 5) is 18.4. The Labute approximate surface area is 155 Å². The van der Waals surface area contributed by atoms with E-state index in [1.54, 1.807) is 35.4 Å². The fourth-order valence-corrected chi connectivity index (χ4v) is 2.97. The molecular formula is C17H15Cl2N3OS. The first-order valence-electron chi connectivity index (χ1n) is 7.19. The molecule has 1 amide bonds. The molecule has 0 unspecified atom stereocenters. The van der Waals surface area contributed by atoms with Crippen molar-refractivity contribution in [2.45, 2.75) is 18.4 Å². The minimum atomic E-state index is -0.0891. The second-order valence-corrected chi connectivity index (χ2v) is 6.83. The number of aromatic nitrogens is 1. The van der Waals surface area contributed by atoms with E-state index in [9.17, 15) is 4.79 Å². The second kappa shape index (κ2) is 8.93. The number of nitrogens with zero attached hydrogens (tertiary/aromatic N) is 3. The molecule has 1 heterocycles. The number of rotatable bonds is 6. The lowest BCUT2D eigenvalue weighted by atomic mass is 10.2. The normalized spacial score (nSPS) is 10.2. The molecule has 1 aromatic heterocycles. The van der Waals surface area contributed by atoms with Gasteiger partial charge in [0, 0.05) is 23.5 Å². The summed E-state index contributed by atoms with van der Waals surface area (Å²) >= 11 is 13.2. The molecule has 0 aliphatic rings. The van der Waals surface area contributed by atoms with E-state index >= 15 is 0 Å². The number of carbonyl (C=O) groups is 1. The van der Waals surface area contributed by atoms with Crippen LogP contribution in [0, 0.1) is 18.3 Å². The monoisotopic (exact) mass is 379 g/mol. The van der Waals surface area contributed by atoms with Gasteiger partial charge in [-0.15, -0.1) is 0 Å². The summed E-state index contributed by atoms with van der Waals surface area (Å²) in [7, 11) is 0. The third-order valence-electron chi connectivity index (χ3n) is 3.25. The van der Waals surface area contributed by atoms with Crippen molar-refractivity contribution in [3.63, 3.8) is 0 Å². The van der Waals surface area contributed by atoms with Crippen LogP contribution >= 0.6 is 35.0 Å². The van der Waals surface area contributed by atoms with Crippen LogP contribution in [-0.4, -0.2) is 23.2 Å². The van der Waals surface area contributed by atoms with Gasteiger partial charge in [0.2, 0.25) is 5.91 Å². The molecule has 24 heavy (non-hydrogen) atoms. The van der Waals surface area contributed by atoms with Gasteiger partial charge in [0.15, 0.2) is 0 Å². The van der Waals surface area contributed by atoms with Crippen molar-refractivity contribution in [3.8, 4) is 6.07 Å². The summed E-state index contributed by atoms with van der Waals surface area (Å²) in [5.74, 6) is 0.135. The predicted molar refractivity (Wildman–Crippen MR) is 98.7 cm³/mol. The van der Waals surface area contributed by atoms with Crippen LogP contribution in [0.15, 0.2) is 41.6 Å². The number of carbonyl (C=O) groups excluding carboxylic acids is 1. The van der Waals surface area contributed by atoms with Crippen LogP contribution in [0.5, 0.6) is 0 Å². The fourth-order valence-electron chi connectivity index (χ4n) is 2.02. The van der Waals surface area contributed by atoms with Crippen molar-refractivity contribution in [1.82, 2.24) is 4.98 Å². The molecule has 2 aromatic rings. The maximum atomic E-state index is 12.6. The number of benzene rings is 1. The molecule has 7 heteroatoms. The highest BCUT2D eigenvalue weighted by molar-refractivity contribution is 7.99. The van der Waals surface area contributed by atoms with E-state index in [1.165, 1.54) is 11.8 Å². The van der Waals surface area contributed by atoms with Crippen LogP contribution in [0.2, 0.25) is 10.0 Å². The number of thioether (sulfide) groups is 1. The molecule has 1 aromatic carbocycles. The molecule has 0 N–H and O–H groups in total. The molecule has 2 rings (SSSR count). The predicted octanol–water partition coefficient (Wildman–Crippen LogP) is 4.74. The minimum Gasteiger partial charge on any atom is -0.311 e. The van der Waals surface area contributed by atoms with Gasteiger partial charge in [0.1, 0.15) is 0 Å². The van der Waals surface area contributed by atoms with Crippen molar-refractivity contribution < 1.29 is 4.79 Å². The Hall–Kier alpha value is -1.74. The van der Waals surface area contributed by atoms with Gasteiger partial charge in [-0.2, -0.15) is 5.26 Å². The molecule has 0 bridgehead atoms. The highest BCUT2D eigenvalue weighted by Gasteiger charge is 2.16. The molecule has 124 valence electrons.